The summed E-state index contributed by atoms with van der Waals surface area (Å²) < 4.78 is 18.8. The van der Waals surface area contributed by atoms with E-state index in [1.165, 1.54) is 0 Å². The van der Waals surface area contributed by atoms with Gasteiger partial charge in [0.05, 0.1) is 27.0 Å². The van der Waals surface area contributed by atoms with Crippen molar-refractivity contribution in [3.63, 3.8) is 0 Å². The number of rotatable bonds is 6. The minimum atomic E-state index is -0.620. The number of aryl methyl sites for hydroxylation is 1. The van der Waals surface area contributed by atoms with Crippen molar-refractivity contribution < 1.29 is 19.0 Å². The molecule has 0 saturated carbocycles. The highest BCUT2D eigenvalue weighted by Crippen LogP contribution is 2.47. The number of oxime groups is 1. The van der Waals surface area contributed by atoms with Gasteiger partial charge in [0.25, 0.3) is 0 Å². The van der Waals surface area contributed by atoms with E-state index < -0.39 is 6.10 Å². The van der Waals surface area contributed by atoms with Gasteiger partial charge < -0.3 is 23.6 Å². The first-order valence-corrected chi connectivity index (χ1v) is 10.8. The van der Waals surface area contributed by atoms with Gasteiger partial charge in [-0.25, -0.2) is 0 Å². The summed E-state index contributed by atoms with van der Waals surface area (Å²) in [5, 5.41) is 5.63. The van der Waals surface area contributed by atoms with Crippen LogP contribution in [0, 0.1) is 12.3 Å². The lowest BCUT2D eigenvalue weighted by Gasteiger charge is -2.13. The lowest BCUT2D eigenvalue weighted by molar-refractivity contribution is 0.100. The Morgan fingerprint density at radius 3 is 2.24 bits per heavy atom. The minimum absolute atomic E-state index is 0.611. The fourth-order valence-electron chi connectivity index (χ4n) is 4.53. The standard InChI is InChI=1S/C28H24N2O4/c1-6-23(17-10-8-7-9-11-17)34-29-27-19-15-24(32-4)25(33-5)16-20(19)28-26(27)21-14-18(31-3)12-13-22(21)30(28)2/h1,7-16,23H,2-5H3. The Morgan fingerprint density at radius 2 is 1.59 bits per heavy atom. The first-order chi connectivity index (χ1) is 16.6. The van der Waals surface area contributed by atoms with E-state index in [9.17, 15) is 0 Å². The van der Waals surface area contributed by atoms with Crippen molar-refractivity contribution in [2.75, 3.05) is 21.3 Å². The number of hydrogen-bond donors (Lipinski definition) is 0. The summed E-state index contributed by atoms with van der Waals surface area (Å²) in [6, 6.07) is 19.5. The first-order valence-electron chi connectivity index (χ1n) is 10.8. The average Bonchev–Trinajstić information content (AvgIpc) is 3.35. The van der Waals surface area contributed by atoms with Gasteiger partial charge in [0.1, 0.15) is 11.5 Å². The number of terminal acetylenes is 1. The molecule has 6 nitrogen and oxygen atoms in total. The molecule has 0 N–H and O–H groups in total. The van der Waals surface area contributed by atoms with E-state index in [2.05, 4.69) is 15.6 Å². The van der Waals surface area contributed by atoms with Crippen LogP contribution in [0.4, 0.5) is 0 Å². The monoisotopic (exact) mass is 452 g/mol. The van der Waals surface area contributed by atoms with Gasteiger partial charge in [0, 0.05) is 40.2 Å². The van der Waals surface area contributed by atoms with E-state index in [0.29, 0.717) is 17.2 Å². The molecule has 0 bridgehead atoms. The van der Waals surface area contributed by atoms with E-state index in [1.54, 1.807) is 21.3 Å². The second-order valence-corrected chi connectivity index (χ2v) is 7.92. The van der Waals surface area contributed by atoms with Gasteiger partial charge in [0.15, 0.2) is 11.5 Å². The molecule has 0 aliphatic heterocycles. The molecule has 1 aliphatic carbocycles. The van der Waals surface area contributed by atoms with Crippen molar-refractivity contribution in [1.82, 2.24) is 4.57 Å². The molecule has 0 saturated heterocycles. The number of methoxy groups -OCH3 is 3. The van der Waals surface area contributed by atoms with Crippen molar-refractivity contribution in [1.29, 1.82) is 0 Å². The van der Waals surface area contributed by atoms with Crippen molar-refractivity contribution in [3.8, 4) is 40.8 Å². The molecule has 4 aromatic rings. The topological polar surface area (TPSA) is 54.2 Å². The van der Waals surface area contributed by atoms with Gasteiger partial charge in [-0.15, -0.1) is 6.42 Å². The number of aromatic nitrogens is 1. The summed E-state index contributed by atoms with van der Waals surface area (Å²) in [6.45, 7) is 0. The van der Waals surface area contributed by atoms with Crippen molar-refractivity contribution in [3.05, 3.63) is 77.4 Å². The lowest BCUT2D eigenvalue weighted by Crippen LogP contribution is -2.04. The quantitative estimate of drug-likeness (QED) is 0.258. The van der Waals surface area contributed by atoms with E-state index in [-0.39, 0.29) is 0 Å². The van der Waals surface area contributed by atoms with Crippen LogP contribution in [0.15, 0.2) is 65.8 Å². The zero-order valence-corrected chi connectivity index (χ0v) is 19.5. The maximum Gasteiger partial charge on any atom is 0.212 e. The molecule has 0 radical (unpaired) electrons. The molecule has 0 fully saturated rings. The van der Waals surface area contributed by atoms with Crippen LogP contribution in [0.3, 0.4) is 0 Å². The van der Waals surface area contributed by atoms with Gasteiger partial charge in [-0.3, -0.25) is 0 Å². The molecule has 0 spiro atoms. The first kappa shape index (κ1) is 21.5. The second-order valence-electron chi connectivity index (χ2n) is 7.92. The van der Waals surface area contributed by atoms with Crippen molar-refractivity contribution >= 4 is 16.6 Å². The zero-order chi connectivity index (χ0) is 23.8. The van der Waals surface area contributed by atoms with Crippen LogP contribution in [0.25, 0.3) is 22.2 Å². The molecular formula is C28H24N2O4. The predicted molar refractivity (Wildman–Crippen MR) is 133 cm³/mol. The number of fused-ring (bicyclic) bond motifs is 5. The number of nitrogens with zero attached hydrogens (tertiary/aromatic N) is 2. The Kier molecular flexibility index (Phi) is 5.39. The second kappa shape index (κ2) is 8.53. The Morgan fingerprint density at radius 1 is 0.882 bits per heavy atom. The van der Waals surface area contributed by atoms with Crippen LogP contribution < -0.4 is 14.2 Å². The number of ether oxygens (including phenoxy) is 3. The Balaban J connectivity index is 1.74. The zero-order valence-electron chi connectivity index (χ0n) is 19.5. The predicted octanol–water partition coefficient (Wildman–Crippen LogP) is 5.33. The highest BCUT2D eigenvalue weighted by Gasteiger charge is 2.34. The molecule has 170 valence electrons. The van der Waals surface area contributed by atoms with Gasteiger partial charge in [-0.1, -0.05) is 41.4 Å². The van der Waals surface area contributed by atoms with Crippen LogP contribution in [-0.4, -0.2) is 31.6 Å². The Hall–Kier alpha value is -4.37. The fourth-order valence-corrected chi connectivity index (χ4v) is 4.53. The molecule has 1 atom stereocenters. The van der Waals surface area contributed by atoms with Crippen LogP contribution in [0.5, 0.6) is 17.2 Å². The normalized spacial score (nSPS) is 13.8. The third kappa shape index (κ3) is 3.25. The van der Waals surface area contributed by atoms with E-state index in [0.717, 1.165) is 44.6 Å². The van der Waals surface area contributed by atoms with Crippen molar-refractivity contribution in [2.24, 2.45) is 12.2 Å². The average molecular weight is 453 g/mol. The van der Waals surface area contributed by atoms with E-state index in [4.69, 9.17) is 25.5 Å². The SMILES string of the molecule is C#CC(ON=C1c2cc(OC)c(OC)cc2-c2c1c1cc(OC)ccc1n2C)c1ccccc1. The highest BCUT2D eigenvalue weighted by atomic mass is 16.6. The summed E-state index contributed by atoms with van der Waals surface area (Å²) in [4.78, 5) is 5.96. The molecule has 1 aliphatic rings. The summed E-state index contributed by atoms with van der Waals surface area (Å²) in [7, 11) is 6.93. The maximum absolute atomic E-state index is 5.96. The van der Waals surface area contributed by atoms with Gasteiger partial charge >= 0.3 is 0 Å². The minimum Gasteiger partial charge on any atom is -0.497 e. The van der Waals surface area contributed by atoms with Crippen LogP contribution in [0.1, 0.15) is 22.8 Å². The third-order valence-electron chi connectivity index (χ3n) is 6.18. The maximum atomic E-state index is 5.96. The van der Waals surface area contributed by atoms with E-state index in [1.807, 2.05) is 67.7 Å². The van der Waals surface area contributed by atoms with Crippen LogP contribution in [-0.2, 0) is 11.9 Å². The molecule has 34 heavy (non-hydrogen) atoms. The van der Waals surface area contributed by atoms with Gasteiger partial charge in [-0.05, 0) is 30.3 Å². The molecular weight excluding hydrogens is 428 g/mol. The third-order valence-corrected chi connectivity index (χ3v) is 6.18. The largest absolute Gasteiger partial charge is 0.497 e. The summed E-state index contributed by atoms with van der Waals surface area (Å²) in [6.07, 6.45) is 5.17. The molecule has 1 aromatic heterocycles. The molecule has 5 rings (SSSR count). The summed E-state index contributed by atoms with van der Waals surface area (Å²) >= 11 is 0. The molecule has 3 aromatic carbocycles. The summed E-state index contributed by atoms with van der Waals surface area (Å²) in [5.41, 5.74) is 6.41. The van der Waals surface area contributed by atoms with Crippen molar-refractivity contribution in [2.45, 2.75) is 6.10 Å². The fraction of sp³-hybridized carbons (Fsp3) is 0.179. The summed E-state index contributed by atoms with van der Waals surface area (Å²) in [5.74, 6) is 4.71. The van der Waals surface area contributed by atoms with E-state index >= 15 is 0 Å². The Bertz CT molecular complexity index is 1460. The molecule has 0 amide bonds. The van der Waals surface area contributed by atoms with Gasteiger partial charge in [0.2, 0.25) is 6.10 Å². The number of benzene rings is 3. The Labute approximate surface area is 198 Å². The lowest BCUT2D eigenvalue weighted by atomic mass is 10.1. The van der Waals surface area contributed by atoms with Crippen LogP contribution in [0.2, 0.25) is 0 Å². The van der Waals surface area contributed by atoms with Gasteiger partial charge in [-0.2, -0.15) is 0 Å². The molecule has 1 heterocycles. The number of hydrogen-bond acceptors (Lipinski definition) is 5. The smallest absolute Gasteiger partial charge is 0.212 e. The molecule has 6 heteroatoms. The van der Waals surface area contributed by atoms with Crippen LogP contribution >= 0.6 is 0 Å². The molecule has 1 unspecified atom stereocenters. The highest BCUT2D eigenvalue weighted by molar-refractivity contribution is 6.30.